The summed E-state index contributed by atoms with van der Waals surface area (Å²) in [6.45, 7) is 0.494. The van der Waals surface area contributed by atoms with Crippen molar-refractivity contribution in [2.75, 3.05) is 20.8 Å². The van der Waals surface area contributed by atoms with E-state index in [0.29, 0.717) is 6.61 Å². The fourth-order valence-corrected chi connectivity index (χ4v) is 0.988. The fourth-order valence-electron chi connectivity index (χ4n) is 0.394. The van der Waals surface area contributed by atoms with Crippen LogP contribution in [0.15, 0.2) is 9.66 Å². The Kier molecular flexibility index (Phi) is 5.61. The van der Waals surface area contributed by atoms with Crippen LogP contribution in [0.2, 0.25) is 0 Å². The Morgan fingerprint density at radius 2 is 2.40 bits per heavy atom. The van der Waals surface area contributed by atoms with E-state index in [1.807, 2.05) is 0 Å². The van der Waals surface area contributed by atoms with E-state index < -0.39 is 0 Å². The summed E-state index contributed by atoms with van der Waals surface area (Å²) in [7, 11) is 3.19. The Morgan fingerprint density at radius 1 is 1.80 bits per heavy atom. The predicted molar refractivity (Wildman–Crippen MR) is 48.0 cm³/mol. The van der Waals surface area contributed by atoms with Crippen molar-refractivity contribution < 1.29 is 9.53 Å². The van der Waals surface area contributed by atoms with Crippen LogP contribution in [-0.4, -0.2) is 26.7 Å². The van der Waals surface area contributed by atoms with Crippen molar-refractivity contribution in [3.63, 3.8) is 0 Å². The van der Waals surface area contributed by atoms with Crippen LogP contribution in [0.4, 0.5) is 0 Å². The molecule has 0 atom stereocenters. The zero-order valence-corrected chi connectivity index (χ0v) is 8.14. The van der Waals surface area contributed by atoms with Crippen LogP contribution in [0, 0.1) is 0 Å². The van der Waals surface area contributed by atoms with Gasteiger partial charge in [-0.05, 0) is 22.6 Å². The molecule has 0 aliphatic carbocycles. The maximum Gasteiger partial charge on any atom is 0.244 e. The van der Waals surface area contributed by atoms with E-state index >= 15 is 0 Å². The molecule has 0 fully saturated rings. The zero-order valence-electron chi connectivity index (χ0n) is 5.98. The van der Waals surface area contributed by atoms with Gasteiger partial charge in [-0.3, -0.25) is 4.79 Å². The normalized spacial score (nSPS) is 11.3. The highest BCUT2D eigenvalue weighted by Gasteiger charge is 1.94. The first-order valence-corrected chi connectivity index (χ1v) is 3.85. The molecule has 3 nitrogen and oxygen atoms in total. The molecule has 0 saturated carbocycles. The standard InChI is InChI=1S/C6H10INO2/c1-8-6(9)3-5(7)4-10-2/h3H,4H2,1-2H3,(H,8,9)/b5-3-. The van der Waals surface area contributed by atoms with E-state index in [2.05, 4.69) is 27.9 Å². The lowest BCUT2D eigenvalue weighted by molar-refractivity contribution is -0.116. The molecule has 10 heavy (non-hydrogen) atoms. The third-order valence-electron chi connectivity index (χ3n) is 0.816. The summed E-state index contributed by atoms with van der Waals surface area (Å²) in [4.78, 5) is 10.6. The molecule has 0 aromatic heterocycles. The lowest BCUT2D eigenvalue weighted by Crippen LogP contribution is -2.14. The van der Waals surface area contributed by atoms with Gasteiger partial charge < -0.3 is 10.1 Å². The number of hydrogen-bond donors (Lipinski definition) is 1. The second-order valence-electron chi connectivity index (χ2n) is 1.64. The van der Waals surface area contributed by atoms with Crippen LogP contribution in [0.3, 0.4) is 0 Å². The van der Waals surface area contributed by atoms with E-state index in [0.717, 1.165) is 3.58 Å². The summed E-state index contributed by atoms with van der Waals surface area (Å²) < 4.78 is 5.68. The Labute approximate surface area is 74.0 Å². The Bertz CT molecular complexity index is 145. The number of amides is 1. The zero-order chi connectivity index (χ0) is 7.98. The maximum atomic E-state index is 10.6. The topological polar surface area (TPSA) is 38.3 Å². The van der Waals surface area contributed by atoms with Gasteiger partial charge in [0.25, 0.3) is 0 Å². The van der Waals surface area contributed by atoms with Gasteiger partial charge in [-0.15, -0.1) is 0 Å². The van der Waals surface area contributed by atoms with Crippen LogP contribution in [0.25, 0.3) is 0 Å². The molecule has 4 heteroatoms. The lowest BCUT2D eigenvalue weighted by Gasteiger charge is -1.95. The molecule has 0 saturated heterocycles. The van der Waals surface area contributed by atoms with E-state index in [9.17, 15) is 4.79 Å². The summed E-state index contributed by atoms with van der Waals surface area (Å²) in [6.07, 6.45) is 1.50. The quantitative estimate of drug-likeness (QED) is 0.595. The first-order valence-electron chi connectivity index (χ1n) is 2.77. The third kappa shape index (κ3) is 4.75. The van der Waals surface area contributed by atoms with Crippen molar-refractivity contribution in [2.24, 2.45) is 0 Å². The number of nitrogens with one attached hydrogen (secondary N) is 1. The van der Waals surface area contributed by atoms with E-state index in [-0.39, 0.29) is 5.91 Å². The fraction of sp³-hybridized carbons (Fsp3) is 0.500. The molecule has 0 aliphatic rings. The third-order valence-corrected chi connectivity index (χ3v) is 1.44. The SMILES string of the molecule is CNC(=O)/C=C(\I)COC. The average molecular weight is 255 g/mol. The molecule has 0 unspecified atom stereocenters. The number of carbonyl (C=O) groups excluding carboxylic acids is 1. The van der Waals surface area contributed by atoms with Crippen molar-refractivity contribution in [3.8, 4) is 0 Å². The minimum atomic E-state index is -0.0959. The van der Waals surface area contributed by atoms with Gasteiger partial charge in [0.2, 0.25) is 5.91 Å². The van der Waals surface area contributed by atoms with Crippen LogP contribution in [-0.2, 0) is 9.53 Å². The smallest absolute Gasteiger partial charge is 0.244 e. The van der Waals surface area contributed by atoms with Crippen molar-refractivity contribution >= 4 is 28.5 Å². The average Bonchev–Trinajstić information content (AvgIpc) is 1.88. The number of carbonyl (C=O) groups is 1. The molecule has 0 radical (unpaired) electrons. The summed E-state index contributed by atoms with van der Waals surface area (Å²) in [5, 5.41) is 2.48. The monoisotopic (exact) mass is 255 g/mol. The summed E-state index contributed by atoms with van der Waals surface area (Å²) in [5.74, 6) is -0.0959. The molecular formula is C6H10INO2. The molecule has 58 valence electrons. The van der Waals surface area contributed by atoms with Gasteiger partial charge in [0.05, 0.1) is 6.61 Å². The van der Waals surface area contributed by atoms with E-state index in [4.69, 9.17) is 4.74 Å². The van der Waals surface area contributed by atoms with Crippen molar-refractivity contribution in [3.05, 3.63) is 9.66 Å². The van der Waals surface area contributed by atoms with Crippen LogP contribution in [0.5, 0.6) is 0 Å². The molecule has 0 aliphatic heterocycles. The predicted octanol–water partition coefficient (Wildman–Crippen LogP) is 0.698. The number of rotatable bonds is 3. The Balaban J connectivity index is 3.77. The summed E-state index contributed by atoms with van der Waals surface area (Å²) >= 11 is 2.06. The van der Waals surface area contributed by atoms with Gasteiger partial charge in [0.15, 0.2) is 0 Å². The van der Waals surface area contributed by atoms with Gasteiger partial charge in [-0.1, -0.05) is 0 Å². The number of hydrogen-bond acceptors (Lipinski definition) is 2. The molecule has 0 bridgehead atoms. The second-order valence-corrected chi connectivity index (χ2v) is 3.02. The highest BCUT2D eigenvalue weighted by Crippen LogP contribution is 2.04. The van der Waals surface area contributed by atoms with Gasteiger partial charge >= 0.3 is 0 Å². The number of methoxy groups -OCH3 is 1. The summed E-state index contributed by atoms with van der Waals surface area (Å²) in [6, 6.07) is 0. The van der Waals surface area contributed by atoms with Crippen molar-refractivity contribution in [1.29, 1.82) is 0 Å². The summed E-state index contributed by atoms with van der Waals surface area (Å²) in [5.41, 5.74) is 0. The first kappa shape index (κ1) is 9.90. The van der Waals surface area contributed by atoms with Gasteiger partial charge in [-0.25, -0.2) is 0 Å². The molecule has 0 rings (SSSR count). The maximum absolute atomic E-state index is 10.6. The molecule has 0 spiro atoms. The van der Waals surface area contributed by atoms with Gasteiger partial charge in [-0.2, -0.15) is 0 Å². The first-order chi connectivity index (χ1) is 4.70. The van der Waals surface area contributed by atoms with Crippen LogP contribution >= 0.6 is 22.6 Å². The minimum Gasteiger partial charge on any atom is -0.380 e. The van der Waals surface area contributed by atoms with Crippen molar-refractivity contribution in [2.45, 2.75) is 0 Å². The molecule has 0 aromatic rings. The van der Waals surface area contributed by atoms with Crippen LogP contribution < -0.4 is 5.32 Å². The van der Waals surface area contributed by atoms with Gasteiger partial charge in [0, 0.05) is 23.8 Å². The van der Waals surface area contributed by atoms with E-state index in [1.165, 1.54) is 6.08 Å². The molecule has 1 amide bonds. The molecule has 0 heterocycles. The lowest BCUT2D eigenvalue weighted by atomic mass is 10.5. The number of halogens is 1. The minimum absolute atomic E-state index is 0.0959. The number of likely N-dealkylation sites (N-methyl/N-ethyl adjacent to an activating group) is 1. The molecule has 1 N–H and O–H groups in total. The Morgan fingerprint density at radius 3 is 2.80 bits per heavy atom. The molecule has 0 aromatic carbocycles. The highest BCUT2D eigenvalue weighted by molar-refractivity contribution is 14.1. The molecular weight excluding hydrogens is 245 g/mol. The van der Waals surface area contributed by atoms with E-state index in [1.54, 1.807) is 14.2 Å². The highest BCUT2D eigenvalue weighted by atomic mass is 127. The largest absolute Gasteiger partial charge is 0.380 e. The number of ether oxygens (including phenoxy) is 1. The van der Waals surface area contributed by atoms with Gasteiger partial charge in [0.1, 0.15) is 0 Å². The van der Waals surface area contributed by atoms with Crippen LogP contribution in [0.1, 0.15) is 0 Å². The second kappa shape index (κ2) is 5.67. The van der Waals surface area contributed by atoms with Crippen molar-refractivity contribution in [1.82, 2.24) is 5.32 Å². The Hall–Kier alpha value is -0.100.